The van der Waals surface area contributed by atoms with Gasteiger partial charge in [0.15, 0.2) is 0 Å². The van der Waals surface area contributed by atoms with Gasteiger partial charge in [0.2, 0.25) is 11.8 Å². The molecule has 1 aromatic rings. The summed E-state index contributed by atoms with van der Waals surface area (Å²) in [5, 5.41) is 2.59. The van der Waals surface area contributed by atoms with Crippen molar-refractivity contribution < 1.29 is 9.59 Å². The van der Waals surface area contributed by atoms with Crippen LogP contribution in [0.15, 0.2) is 12.1 Å². The van der Waals surface area contributed by atoms with Crippen LogP contribution in [0.4, 0.5) is 5.82 Å². The fourth-order valence-corrected chi connectivity index (χ4v) is 1.40. The molecule has 0 aliphatic heterocycles. The van der Waals surface area contributed by atoms with Gasteiger partial charge in [0.05, 0.1) is 5.69 Å². The van der Waals surface area contributed by atoms with Gasteiger partial charge in [-0.2, -0.15) is 0 Å². The number of hydrogen-bond donors (Lipinski definition) is 1. The molecule has 6 heteroatoms. The van der Waals surface area contributed by atoms with Crippen molar-refractivity contribution in [2.45, 2.75) is 13.3 Å². The molecule has 0 saturated carbocycles. The van der Waals surface area contributed by atoms with E-state index in [1.807, 2.05) is 13.0 Å². The van der Waals surface area contributed by atoms with Crippen LogP contribution in [0.25, 0.3) is 0 Å². The largest absolute Gasteiger partial charge is 0.348 e. The molecule has 92 valence electrons. The zero-order chi connectivity index (χ0) is 13.0. The van der Waals surface area contributed by atoms with E-state index in [1.54, 1.807) is 20.2 Å². The second-order valence-electron chi connectivity index (χ2n) is 3.78. The molecule has 1 rings (SSSR count). The number of aromatic nitrogens is 1. The van der Waals surface area contributed by atoms with Crippen molar-refractivity contribution in [2.75, 3.05) is 19.4 Å². The molecular weight excluding hydrogens is 333 g/mol. The van der Waals surface area contributed by atoms with Crippen molar-refractivity contribution in [2.24, 2.45) is 0 Å². The van der Waals surface area contributed by atoms with Crippen molar-refractivity contribution in [1.29, 1.82) is 0 Å². The minimum atomic E-state index is -0.350. The first kappa shape index (κ1) is 13.9. The average Bonchev–Trinajstić information content (AvgIpc) is 2.23. The Balaban J connectivity index is 2.62. The molecule has 0 spiro atoms. The highest BCUT2D eigenvalue weighted by atomic mass is 127. The number of aryl methyl sites for hydroxylation is 1. The zero-order valence-electron chi connectivity index (χ0n) is 9.95. The van der Waals surface area contributed by atoms with Gasteiger partial charge in [-0.15, -0.1) is 0 Å². The highest BCUT2D eigenvalue weighted by Gasteiger charge is 2.11. The summed E-state index contributed by atoms with van der Waals surface area (Å²) in [6, 6.07) is 3.58. The van der Waals surface area contributed by atoms with Crippen LogP contribution in [0.1, 0.15) is 12.1 Å². The molecule has 1 heterocycles. The molecule has 0 aliphatic carbocycles. The molecule has 0 atom stereocenters. The van der Waals surface area contributed by atoms with E-state index in [0.717, 1.165) is 9.26 Å². The number of nitrogens with one attached hydrogen (secondary N) is 1. The van der Waals surface area contributed by atoms with Crippen LogP contribution in [0, 0.1) is 10.5 Å². The van der Waals surface area contributed by atoms with E-state index in [4.69, 9.17) is 0 Å². The smallest absolute Gasteiger partial charge is 0.234 e. The Labute approximate surface area is 114 Å². The monoisotopic (exact) mass is 347 g/mol. The van der Waals surface area contributed by atoms with Crippen LogP contribution >= 0.6 is 22.6 Å². The minimum Gasteiger partial charge on any atom is -0.348 e. The summed E-state index contributed by atoms with van der Waals surface area (Å²) >= 11 is 2.17. The maximum Gasteiger partial charge on any atom is 0.234 e. The van der Waals surface area contributed by atoms with Crippen LogP contribution in [-0.2, 0) is 9.59 Å². The van der Waals surface area contributed by atoms with Crippen molar-refractivity contribution in [1.82, 2.24) is 9.88 Å². The predicted molar refractivity (Wildman–Crippen MR) is 73.6 cm³/mol. The van der Waals surface area contributed by atoms with E-state index in [0.29, 0.717) is 5.82 Å². The molecule has 0 aromatic carbocycles. The lowest BCUT2D eigenvalue weighted by Crippen LogP contribution is -2.27. The third kappa shape index (κ3) is 4.29. The number of pyridine rings is 1. The Morgan fingerprint density at radius 2 is 2.06 bits per heavy atom. The van der Waals surface area contributed by atoms with Crippen molar-refractivity contribution in [3.8, 4) is 0 Å². The van der Waals surface area contributed by atoms with E-state index >= 15 is 0 Å². The van der Waals surface area contributed by atoms with Crippen molar-refractivity contribution in [3.05, 3.63) is 21.4 Å². The van der Waals surface area contributed by atoms with E-state index in [9.17, 15) is 9.59 Å². The summed E-state index contributed by atoms with van der Waals surface area (Å²) in [5.41, 5.74) is 0.849. The van der Waals surface area contributed by atoms with E-state index in [2.05, 4.69) is 32.9 Å². The summed E-state index contributed by atoms with van der Waals surface area (Å²) in [5.74, 6) is -0.110. The van der Waals surface area contributed by atoms with Gasteiger partial charge < -0.3 is 10.2 Å². The summed E-state index contributed by atoms with van der Waals surface area (Å²) in [6.45, 7) is 1.86. The Morgan fingerprint density at radius 1 is 1.41 bits per heavy atom. The minimum absolute atomic E-state index is 0.167. The number of carbonyl (C=O) groups excluding carboxylic acids is 2. The molecule has 0 aliphatic rings. The van der Waals surface area contributed by atoms with E-state index < -0.39 is 0 Å². The molecule has 0 saturated heterocycles. The third-order valence-corrected chi connectivity index (χ3v) is 3.24. The predicted octanol–water partition coefficient (Wildman–Crippen LogP) is 1.41. The molecule has 0 radical (unpaired) electrons. The Morgan fingerprint density at radius 3 is 2.59 bits per heavy atom. The number of hydrogen-bond acceptors (Lipinski definition) is 3. The Kier molecular flexibility index (Phi) is 4.86. The van der Waals surface area contributed by atoms with Gasteiger partial charge in [-0.05, 0) is 41.6 Å². The molecule has 0 bridgehead atoms. The number of halogens is 1. The van der Waals surface area contributed by atoms with E-state index in [1.165, 1.54) is 4.90 Å². The lowest BCUT2D eigenvalue weighted by atomic mass is 10.3. The van der Waals surface area contributed by atoms with Gasteiger partial charge in [-0.3, -0.25) is 9.59 Å². The summed E-state index contributed by atoms with van der Waals surface area (Å²) < 4.78 is 1.03. The lowest BCUT2D eigenvalue weighted by Gasteiger charge is -2.10. The van der Waals surface area contributed by atoms with Crippen molar-refractivity contribution >= 4 is 40.2 Å². The molecule has 0 unspecified atom stereocenters. The quantitative estimate of drug-likeness (QED) is 0.664. The third-order valence-electron chi connectivity index (χ3n) is 2.10. The number of rotatable bonds is 3. The van der Waals surface area contributed by atoms with Gasteiger partial charge in [0.1, 0.15) is 12.2 Å². The van der Waals surface area contributed by atoms with Crippen LogP contribution in [0.5, 0.6) is 0 Å². The van der Waals surface area contributed by atoms with Gasteiger partial charge in [0.25, 0.3) is 0 Å². The maximum absolute atomic E-state index is 11.5. The SMILES string of the molecule is Cc1nc(NC(=O)CC(=O)N(C)C)ccc1I. The molecular formula is C11H14IN3O2. The molecule has 5 nitrogen and oxygen atoms in total. The number of anilines is 1. The van der Waals surface area contributed by atoms with Gasteiger partial charge in [-0.25, -0.2) is 4.98 Å². The van der Waals surface area contributed by atoms with Gasteiger partial charge in [0, 0.05) is 17.7 Å². The van der Waals surface area contributed by atoms with Gasteiger partial charge in [-0.1, -0.05) is 0 Å². The Hall–Kier alpha value is -1.18. The molecule has 2 amide bonds. The highest BCUT2D eigenvalue weighted by molar-refractivity contribution is 14.1. The van der Waals surface area contributed by atoms with Crippen LogP contribution in [0.3, 0.4) is 0 Å². The fourth-order valence-electron chi connectivity index (χ4n) is 1.10. The molecule has 17 heavy (non-hydrogen) atoms. The zero-order valence-corrected chi connectivity index (χ0v) is 12.1. The maximum atomic E-state index is 11.5. The summed E-state index contributed by atoms with van der Waals surface area (Å²) in [4.78, 5) is 28.4. The topological polar surface area (TPSA) is 62.3 Å². The standard InChI is InChI=1S/C11H14IN3O2/c1-7-8(12)4-5-9(13-7)14-10(16)6-11(17)15(2)3/h4-5H,6H2,1-3H3,(H,13,14,16). The second-order valence-corrected chi connectivity index (χ2v) is 4.94. The van der Waals surface area contributed by atoms with Crippen LogP contribution in [-0.4, -0.2) is 35.8 Å². The highest BCUT2D eigenvalue weighted by Crippen LogP contribution is 2.12. The Bertz CT molecular complexity index is 446. The number of carbonyl (C=O) groups is 2. The van der Waals surface area contributed by atoms with Gasteiger partial charge >= 0.3 is 0 Å². The lowest BCUT2D eigenvalue weighted by molar-refractivity contribution is -0.132. The number of amides is 2. The first-order chi connectivity index (χ1) is 7.90. The molecule has 0 fully saturated rings. The summed E-state index contributed by atoms with van der Waals surface area (Å²) in [6.07, 6.45) is -0.167. The first-order valence-corrected chi connectivity index (χ1v) is 6.11. The molecule has 1 aromatic heterocycles. The molecule has 1 N–H and O–H groups in total. The fraction of sp³-hybridized carbons (Fsp3) is 0.364. The number of nitrogens with zero attached hydrogens (tertiary/aromatic N) is 2. The van der Waals surface area contributed by atoms with E-state index in [-0.39, 0.29) is 18.2 Å². The van der Waals surface area contributed by atoms with Crippen LogP contribution in [0.2, 0.25) is 0 Å². The second kappa shape index (κ2) is 5.95. The summed E-state index contributed by atoms with van der Waals surface area (Å²) in [7, 11) is 3.23. The normalized spacial score (nSPS) is 9.88. The van der Waals surface area contributed by atoms with Crippen LogP contribution < -0.4 is 5.32 Å². The van der Waals surface area contributed by atoms with Crippen molar-refractivity contribution in [3.63, 3.8) is 0 Å². The average molecular weight is 347 g/mol. The first-order valence-electron chi connectivity index (χ1n) is 5.03.